The van der Waals surface area contributed by atoms with Gasteiger partial charge in [-0.1, -0.05) is 6.07 Å². The number of halogens is 1. The molecule has 0 aromatic heterocycles. The van der Waals surface area contributed by atoms with E-state index in [-0.39, 0.29) is 11.4 Å². The molecule has 4 nitrogen and oxygen atoms in total. The van der Waals surface area contributed by atoms with Crippen molar-refractivity contribution in [2.24, 2.45) is 0 Å². The lowest BCUT2D eigenvalue weighted by atomic mass is 10.2. The molecule has 0 saturated heterocycles. The third-order valence-corrected chi connectivity index (χ3v) is 4.20. The largest absolute Gasteiger partial charge is 0.508 e. The van der Waals surface area contributed by atoms with Crippen molar-refractivity contribution in [2.45, 2.75) is 10.6 Å². The van der Waals surface area contributed by atoms with E-state index in [1.165, 1.54) is 0 Å². The fourth-order valence-corrected chi connectivity index (χ4v) is 2.73. The molecule has 2 aromatic carbocycles. The molecule has 1 N–H and O–H groups in total. The first kappa shape index (κ1) is 13.9. The topological polar surface area (TPSA) is 63.4 Å². The Morgan fingerprint density at radius 2 is 1.89 bits per heavy atom. The van der Waals surface area contributed by atoms with Gasteiger partial charge in [0.1, 0.15) is 5.75 Å². The summed E-state index contributed by atoms with van der Waals surface area (Å²) in [6.07, 6.45) is 0. The van der Waals surface area contributed by atoms with Gasteiger partial charge < -0.3 is 5.11 Å². The van der Waals surface area contributed by atoms with Gasteiger partial charge in [-0.05, 0) is 51.8 Å². The van der Waals surface area contributed by atoms with Crippen LogP contribution in [0.15, 0.2) is 51.8 Å². The van der Waals surface area contributed by atoms with Crippen LogP contribution in [0.2, 0.25) is 0 Å². The van der Waals surface area contributed by atoms with Gasteiger partial charge in [0.25, 0.3) is 5.69 Å². The summed E-state index contributed by atoms with van der Waals surface area (Å²) < 4.78 is 0.482. The summed E-state index contributed by atoms with van der Waals surface area (Å²) in [5.41, 5.74) is 0.955. The van der Waals surface area contributed by atoms with E-state index in [9.17, 15) is 15.2 Å². The van der Waals surface area contributed by atoms with Gasteiger partial charge in [-0.15, -0.1) is 11.8 Å². The first-order valence-corrected chi connectivity index (χ1v) is 7.19. The number of phenols is 1. The van der Waals surface area contributed by atoms with Gasteiger partial charge in [0.2, 0.25) is 0 Å². The van der Waals surface area contributed by atoms with Crippen molar-refractivity contribution in [1.82, 2.24) is 0 Å². The quantitative estimate of drug-likeness (QED) is 0.510. The van der Waals surface area contributed by atoms with Crippen LogP contribution in [0.25, 0.3) is 0 Å². The number of benzene rings is 2. The summed E-state index contributed by atoms with van der Waals surface area (Å²) in [6, 6.07) is 12.0. The summed E-state index contributed by atoms with van der Waals surface area (Å²) in [6.45, 7) is 0. The van der Waals surface area contributed by atoms with E-state index in [1.807, 2.05) is 18.2 Å². The fraction of sp³-hybridized carbons (Fsp3) is 0.0769. The smallest absolute Gasteiger partial charge is 0.283 e. The molecule has 19 heavy (non-hydrogen) atoms. The fourth-order valence-electron chi connectivity index (χ4n) is 1.50. The minimum absolute atomic E-state index is 0.0730. The number of nitro groups is 1. The van der Waals surface area contributed by atoms with E-state index in [2.05, 4.69) is 15.9 Å². The standard InChI is InChI=1S/C13H10BrNO3S/c14-12-6-1-9(7-13(12)15(17)18)8-19-11-4-2-10(16)3-5-11/h1-7,16H,8H2. The van der Waals surface area contributed by atoms with Crippen LogP contribution in [0, 0.1) is 10.1 Å². The van der Waals surface area contributed by atoms with Gasteiger partial charge in [-0.25, -0.2) is 0 Å². The molecular weight excluding hydrogens is 330 g/mol. The maximum absolute atomic E-state index is 10.8. The van der Waals surface area contributed by atoms with Crippen molar-refractivity contribution in [3.63, 3.8) is 0 Å². The Morgan fingerprint density at radius 1 is 1.21 bits per heavy atom. The molecule has 0 radical (unpaired) electrons. The predicted octanol–water partition coefficient (Wildman–Crippen LogP) is 4.36. The monoisotopic (exact) mass is 339 g/mol. The minimum Gasteiger partial charge on any atom is -0.508 e. The van der Waals surface area contributed by atoms with E-state index < -0.39 is 4.92 Å². The average Bonchev–Trinajstić information content (AvgIpc) is 2.39. The Morgan fingerprint density at radius 3 is 2.53 bits per heavy atom. The van der Waals surface area contributed by atoms with Crippen LogP contribution >= 0.6 is 27.7 Å². The van der Waals surface area contributed by atoms with Crippen LogP contribution in [0.4, 0.5) is 5.69 Å². The van der Waals surface area contributed by atoms with Crippen molar-refractivity contribution < 1.29 is 10.0 Å². The molecule has 0 aliphatic carbocycles. The van der Waals surface area contributed by atoms with Gasteiger partial charge in [0.15, 0.2) is 0 Å². The molecule has 0 unspecified atom stereocenters. The molecule has 0 bridgehead atoms. The Hall–Kier alpha value is -1.53. The zero-order valence-corrected chi connectivity index (χ0v) is 12.1. The summed E-state index contributed by atoms with van der Waals surface area (Å²) in [5.74, 6) is 0.863. The normalized spacial score (nSPS) is 10.4. The Balaban J connectivity index is 2.09. The second kappa shape index (κ2) is 6.08. The predicted molar refractivity (Wildman–Crippen MR) is 78.5 cm³/mol. The zero-order chi connectivity index (χ0) is 13.8. The molecule has 0 saturated carbocycles. The maximum Gasteiger partial charge on any atom is 0.283 e. The molecule has 0 spiro atoms. The van der Waals surface area contributed by atoms with Crippen molar-refractivity contribution in [3.05, 3.63) is 62.6 Å². The highest BCUT2D eigenvalue weighted by molar-refractivity contribution is 9.10. The van der Waals surface area contributed by atoms with E-state index >= 15 is 0 Å². The number of thioether (sulfide) groups is 1. The minimum atomic E-state index is -0.404. The van der Waals surface area contributed by atoms with Gasteiger partial charge in [-0.2, -0.15) is 0 Å². The Bertz CT molecular complexity index is 601. The van der Waals surface area contributed by atoms with Crippen LogP contribution < -0.4 is 0 Å². The van der Waals surface area contributed by atoms with E-state index in [0.29, 0.717) is 10.2 Å². The number of nitro benzene ring substituents is 1. The number of hydrogen-bond donors (Lipinski definition) is 1. The molecule has 2 rings (SSSR count). The highest BCUT2D eigenvalue weighted by Crippen LogP contribution is 2.29. The van der Waals surface area contributed by atoms with Crippen LogP contribution in [0.3, 0.4) is 0 Å². The van der Waals surface area contributed by atoms with Gasteiger partial charge in [-0.3, -0.25) is 10.1 Å². The van der Waals surface area contributed by atoms with E-state index in [1.54, 1.807) is 36.0 Å². The molecule has 0 aliphatic heterocycles. The molecule has 6 heteroatoms. The second-order valence-electron chi connectivity index (χ2n) is 3.83. The first-order chi connectivity index (χ1) is 9.06. The third-order valence-electron chi connectivity index (χ3n) is 2.45. The lowest BCUT2D eigenvalue weighted by Crippen LogP contribution is -1.91. The highest BCUT2D eigenvalue weighted by Gasteiger charge is 2.12. The molecule has 0 fully saturated rings. The SMILES string of the molecule is O=[N+]([O-])c1cc(CSc2ccc(O)cc2)ccc1Br. The molecule has 0 aliphatic rings. The van der Waals surface area contributed by atoms with Crippen molar-refractivity contribution >= 4 is 33.4 Å². The molecule has 2 aromatic rings. The van der Waals surface area contributed by atoms with Crippen LogP contribution in [-0.2, 0) is 5.75 Å². The molecular formula is C13H10BrNO3S. The molecule has 0 heterocycles. The van der Waals surface area contributed by atoms with Gasteiger partial charge >= 0.3 is 0 Å². The number of rotatable bonds is 4. The second-order valence-corrected chi connectivity index (χ2v) is 5.73. The van der Waals surface area contributed by atoms with Crippen LogP contribution in [0.5, 0.6) is 5.75 Å². The lowest BCUT2D eigenvalue weighted by molar-refractivity contribution is -0.385. The number of hydrogen-bond acceptors (Lipinski definition) is 4. The van der Waals surface area contributed by atoms with Crippen molar-refractivity contribution in [2.75, 3.05) is 0 Å². The first-order valence-electron chi connectivity index (χ1n) is 5.41. The number of nitrogens with zero attached hydrogens (tertiary/aromatic N) is 1. The molecule has 0 atom stereocenters. The third kappa shape index (κ3) is 3.71. The average molecular weight is 340 g/mol. The number of aromatic hydroxyl groups is 1. The molecule has 98 valence electrons. The Labute approximate surface area is 122 Å². The lowest BCUT2D eigenvalue weighted by Gasteiger charge is -2.03. The molecule has 0 amide bonds. The van der Waals surface area contributed by atoms with Crippen molar-refractivity contribution in [1.29, 1.82) is 0 Å². The highest BCUT2D eigenvalue weighted by atomic mass is 79.9. The van der Waals surface area contributed by atoms with E-state index in [0.717, 1.165) is 10.5 Å². The Kier molecular flexibility index (Phi) is 4.44. The van der Waals surface area contributed by atoms with Crippen molar-refractivity contribution in [3.8, 4) is 5.75 Å². The summed E-state index contributed by atoms with van der Waals surface area (Å²) in [5, 5.41) is 20.0. The van der Waals surface area contributed by atoms with Gasteiger partial charge in [0, 0.05) is 16.7 Å². The summed E-state index contributed by atoms with van der Waals surface area (Å²) in [4.78, 5) is 11.4. The summed E-state index contributed by atoms with van der Waals surface area (Å²) >= 11 is 4.72. The van der Waals surface area contributed by atoms with E-state index in [4.69, 9.17) is 0 Å². The van der Waals surface area contributed by atoms with Gasteiger partial charge in [0.05, 0.1) is 9.40 Å². The summed E-state index contributed by atoms with van der Waals surface area (Å²) in [7, 11) is 0. The zero-order valence-electron chi connectivity index (χ0n) is 9.75. The van der Waals surface area contributed by atoms with Crippen LogP contribution in [-0.4, -0.2) is 10.0 Å². The van der Waals surface area contributed by atoms with Crippen LogP contribution in [0.1, 0.15) is 5.56 Å². The maximum atomic E-state index is 10.8. The number of phenolic OH excluding ortho intramolecular Hbond substituents is 1.